The first kappa shape index (κ1) is 14.7. The summed E-state index contributed by atoms with van der Waals surface area (Å²) in [6.07, 6.45) is 7.57. The second-order valence-electron chi connectivity index (χ2n) is 8.01. The fourth-order valence-electron chi connectivity index (χ4n) is 6.22. The Bertz CT molecular complexity index is 543. The van der Waals surface area contributed by atoms with Crippen LogP contribution in [0, 0.1) is 22.7 Å². The zero-order valence-corrected chi connectivity index (χ0v) is 13.9. The molecule has 0 amide bonds. The van der Waals surface area contributed by atoms with Gasteiger partial charge in [-0.1, -0.05) is 12.2 Å². The maximum atomic E-state index is 12.9. The first-order valence-electron chi connectivity index (χ1n) is 8.47. The molecule has 0 aromatic carbocycles. The lowest BCUT2D eigenvalue weighted by Crippen LogP contribution is -2.61. The minimum Gasteiger partial charge on any atom is -0.465 e. The van der Waals surface area contributed by atoms with Crippen LogP contribution in [0.2, 0.25) is 0 Å². The fourth-order valence-corrected chi connectivity index (χ4v) is 6.22. The van der Waals surface area contributed by atoms with Gasteiger partial charge in [0, 0.05) is 13.0 Å². The summed E-state index contributed by atoms with van der Waals surface area (Å²) in [7, 11) is 1.68. The molecule has 0 aromatic rings. The Labute approximate surface area is 132 Å². The number of carbonyl (C=O) groups is 1. The minimum absolute atomic E-state index is 0.000978. The van der Waals surface area contributed by atoms with E-state index in [0.717, 1.165) is 19.3 Å². The molecule has 2 saturated carbocycles. The molecule has 1 spiro atoms. The quantitative estimate of drug-likeness (QED) is 0.594. The summed E-state index contributed by atoms with van der Waals surface area (Å²) >= 11 is 0. The molecule has 22 heavy (non-hydrogen) atoms. The van der Waals surface area contributed by atoms with E-state index in [4.69, 9.17) is 14.2 Å². The lowest BCUT2D eigenvalue weighted by molar-refractivity contribution is -0.203. The summed E-state index contributed by atoms with van der Waals surface area (Å²) < 4.78 is 17.5. The third kappa shape index (κ3) is 1.53. The van der Waals surface area contributed by atoms with Crippen molar-refractivity contribution in [3.8, 4) is 0 Å². The van der Waals surface area contributed by atoms with E-state index in [0.29, 0.717) is 12.5 Å². The molecule has 4 bridgehead atoms. The number of allylic oxidation sites excluding steroid dienone is 1. The van der Waals surface area contributed by atoms with Crippen molar-refractivity contribution in [3.05, 3.63) is 12.2 Å². The van der Waals surface area contributed by atoms with Gasteiger partial charge in [0.1, 0.15) is 5.41 Å². The van der Waals surface area contributed by atoms with Gasteiger partial charge in [-0.05, 0) is 51.4 Å². The van der Waals surface area contributed by atoms with Gasteiger partial charge in [-0.3, -0.25) is 4.79 Å². The predicted octanol–water partition coefficient (Wildman–Crippen LogP) is 2.71. The van der Waals surface area contributed by atoms with Crippen molar-refractivity contribution >= 4 is 5.97 Å². The molecule has 4 nitrogen and oxygen atoms in total. The van der Waals surface area contributed by atoms with Crippen molar-refractivity contribution in [1.82, 2.24) is 0 Å². The topological polar surface area (TPSA) is 44.8 Å². The third-order valence-corrected chi connectivity index (χ3v) is 6.91. The van der Waals surface area contributed by atoms with Crippen molar-refractivity contribution in [3.63, 3.8) is 0 Å². The smallest absolute Gasteiger partial charge is 0.315 e. The molecule has 0 aromatic heterocycles. The minimum atomic E-state index is -0.666. The zero-order valence-electron chi connectivity index (χ0n) is 13.9. The highest BCUT2D eigenvalue weighted by Crippen LogP contribution is 2.71. The highest BCUT2D eigenvalue weighted by molar-refractivity contribution is 5.79. The van der Waals surface area contributed by atoms with Crippen LogP contribution < -0.4 is 0 Å². The second kappa shape index (κ2) is 4.35. The average Bonchev–Trinajstić information content (AvgIpc) is 2.81. The van der Waals surface area contributed by atoms with E-state index in [1.165, 1.54) is 0 Å². The van der Waals surface area contributed by atoms with E-state index in [2.05, 4.69) is 19.1 Å². The molecule has 2 heterocycles. The number of hydrogen-bond acceptors (Lipinski definition) is 4. The molecular weight excluding hydrogens is 280 g/mol. The van der Waals surface area contributed by atoms with Gasteiger partial charge in [0.15, 0.2) is 0 Å². The zero-order chi connectivity index (χ0) is 15.8. The Kier molecular flexibility index (Phi) is 2.91. The summed E-state index contributed by atoms with van der Waals surface area (Å²) in [6, 6.07) is 0. The van der Waals surface area contributed by atoms with Crippen LogP contribution in [0.1, 0.15) is 40.0 Å². The van der Waals surface area contributed by atoms with E-state index >= 15 is 0 Å². The molecule has 1 unspecified atom stereocenters. The number of carbonyl (C=O) groups excluding carboxylic acids is 1. The monoisotopic (exact) mass is 306 g/mol. The van der Waals surface area contributed by atoms with Gasteiger partial charge >= 0.3 is 5.97 Å². The molecule has 3 aliphatic carbocycles. The van der Waals surface area contributed by atoms with Gasteiger partial charge in [-0.2, -0.15) is 0 Å². The second-order valence-corrected chi connectivity index (χ2v) is 8.01. The number of ether oxygens (including phenoxy) is 3. The van der Waals surface area contributed by atoms with E-state index in [1.807, 2.05) is 13.8 Å². The van der Waals surface area contributed by atoms with E-state index in [1.54, 1.807) is 7.11 Å². The molecule has 5 aliphatic rings. The van der Waals surface area contributed by atoms with Crippen molar-refractivity contribution in [2.24, 2.45) is 22.7 Å². The van der Waals surface area contributed by atoms with Gasteiger partial charge < -0.3 is 14.2 Å². The Balaban J connectivity index is 1.82. The molecule has 0 N–H and O–H groups in total. The van der Waals surface area contributed by atoms with E-state index in [9.17, 15) is 4.79 Å². The molecule has 0 radical (unpaired) electrons. The van der Waals surface area contributed by atoms with Crippen molar-refractivity contribution in [2.75, 3.05) is 13.7 Å². The average molecular weight is 306 g/mol. The van der Waals surface area contributed by atoms with Crippen LogP contribution in [-0.2, 0) is 19.0 Å². The Hall–Kier alpha value is -0.870. The molecule has 2 saturated heterocycles. The number of rotatable bonds is 3. The van der Waals surface area contributed by atoms with Crippen LogP contribution in [0.5, 0.6) is 0 Å². The van der Waals surface area contributed by atoms with Crippen LogP contribution in [0.3, 0.4) is 0 Å². The highest BCUT2D eigenvalue weighted by atomic mass is 16.5. The summed E-state index contributed by atoms with van der Waals surface area (Å²) in [6.45, 7) is 6.54. The van der Waals surface area contributed by atoms with Gasteiger partial charge in [0.2, 0.25) is 0 Å². The van der Waals surface area contributed by atoms with Crippen LogP contribution in [0.25, 0.3) is 0 Å². The van der Waals surface area contributed by atoms with Crippen molar-refractivity contribution in [2.45, 2.75) is 57.8 Å². The van der Waals surface area contributed by atoms with Gasteiger partial charge in [0.25, 0.3) is 0 Å². The first-order chi connectivity index (χ1) is 10.4. The van der Waals surface area contributed by atoms with E-state index < -0.39 is 5.41 Å². The molecule has 4 heteroatoms. The fraction of sp³-hybridized carbons (Fsp3) is 0.833. The predicted molar refractivity (Wildman–Crippen MR) is 81.2 cm³/mol. The van der Waals surface area contributed by atoms with Crippen LogP contribution in [0.4, 0.5) is 0 Å². The van der Waals surface area contributed by atoms with Crippen molar-refractivity contribution < 1.29 is 19.0 Å². The van der Waals surface area contributed by atoms with Crippen molar-refractivity contribution in [1.29, 1.82) is 0 Å². The van der Waals surface area contributed by atoms with Gasteiger partial charge in [0.05, 0.1) is 24.4 Å². The normalized spacial score (nSPS) is 54.5. The van der Waals surface area contributed by atoms with Gasteiger partial charge in [-0.15, -0.1) is 0 Å². The lowest BCUT2D eigenvalue weighted by Gasteiger charge is -2.56. The van der Waals surface area contributed by atoms with Crippen LogP contribution in [-0.4, -0.2) is 37.5 Å². The summed E-state index contributed by atoms with van der Waals surface area (Å²) in [4.78, 5) is 12.9. The molecule has 7 atom stereocenters. The highest BCUT2D eigenvalue weighted by Gasteiger charge is 2.73. The number of methoxy groups -OCH3 is 1. The molecular formula is C18H26O4. The van der Waals surface area contributed by atoms with Crippen LogP contribution in [0.15, 0.2) is 12.2 Å². The maximum absolute atomic E-state index is 12.9. The summed E-state index contributed by atoms with van der Waals surface area (Å²) in [5.41, 5.74) is -0.584. The SMILES string of the molecule is CCOC(=O)[C@@]1(C)C2[C@@H]3C[C@@H]4C[C@@]2(C=C[C@H]1OC)C[C@]4(C)O3. The first-order valence-corrected chi connectivity index (χ1v) is 8.47. The molecule has 4 fully saturated rings. The lowest BCUT2D eigenvalue weighted by atomic mass is 9.51. The van der Waals surface area contributed by atoms with Crippen LogP contribution >= 0.6 is 0 Å². The third-order valence-electron chi connectivity index (χ3n) is 6.91. The number of hydrogen-bond donors (Lipinski definition) is 0. The molecule has 122 valence electrons. The molecule has 2 aliphatic heterocycles. The van der Waals surface area contributed by atoms with E-state index in [-0.39, 0.29) is 35.1 Å². The Morgan fingerprint density at radius 1 is 1.41 bits per heavy atom. The summed E-state index contributed by atoms with van der Waals surface area (Å²) in [5.74, 6) is 0.642. The Morgan fingerprint density at radius 3 is 2.82 bits per heavy atom. The number of esters is 1. The maximum Gasteiger partial charge on any atom is 0.315 e. The van der Waals surface area contributed by atoms with Gasteiger partial charge in [-0.25, -0.2) is 0 Å². The standard InChI is InChI=1S/C18H26O4/c1-5-21-15(19)17(3)13(20-4)6-7-18-9-11-8-12(14(17)18)22-16(11,2)10-18/h6-7,11-14H,5,8-10H2,1-4H3/t11-,12+,13-,14?,16+,17-,18+/m1/s1. The largest absolute Gasteiger partial charge is 0.465 e. The molecule has 5 rings (SSSR count). The Morgan fingerprint density at radius 2 is 2.18 bits per heavy atom. The summed E-state index contributed by atoms with van der Waals surface area (Å²) in [5, 5.41) is 0.